The Morgan fingerprint density at radius 1 is 0.542 bits per heavy atom. The molecule has 1 aromatic rings. The van der Waals surface area contributed by atoms with Gasteiger partial charge in [0.05, 0.1) is 0 Å². The van der Waals surface area contributed by atoms with E-state index in [0.29, 0.717) is 51.4 Å². The topological polar surface area (TPSA) is 124 Å². The van der Waals surface area contributed by atoms with E-state index in [-0.39, 0.29) is 17.0 Å². The van der Waals surface area contributed by atoms with E-state index in [4.69, 9.17) is 4.18 Å². The van der Waals surface area contributed by atoms with Gasteiger partial charge in [-0.3, -0.25) is 0 Å². The molecular formula is C28H36F9NO7S3. The number of benzene rings is 1. The highest BCUT2D eigenvalue weighted by atomic mass is 32.3. The molecule has 3 aliphatic rings. The molecule has 0 amide bonds. The SMILES string of the molecule is O=S(=O)(NS(=O)(=O)C(F)(F)C(F)(F)C(F)(F)S(=O)(=O)Oc1c(C2CCCCC2)cc(C2CCCCC2)cc1C1CCCCC1)C(F)(F)F. The average molecular weight is 766 g/mol. The van der Waals surface area contributed by atoms with Gasteiger partial charge in [0.2, 0.25) is 0 Å². The third kappa shape index (κ3) is 7.31. The molecule has 1 N–H and O–H groups in total. The number of alkyl halides is 9. The quantitative estimate of drug-likeness (QED) is 0.178. The Kier molecular flexibility index (Phi) is 11.2. The van der Waals surface area contributed by atoms with Crippen LogP contribution in [0.5, 0.6) is 5.75 Å². The van der Waals surface area contributed by atoms with Crippen molar-refractivity contribution in [3.05, 3.63) is 28.8 Å². The Morgan fingerprint density at radius 2 is 0.917 bits per heavy atom. The number of nitrogens with one attached hydrogen (secondary N) is 1. The van der Waals surface area contributed by atoms with Crippen LogP contribution in [0.1, 0.15) is 131 Å². The van der Waals surface area contributed by atoms with Gasteiger partial charge in [0, 0.05) is 0 Å². The van der Waals surface area contributed by atoms with Gasteiger partial charge >= 0.3 is 42.1 Å². The molecule has 0 saturated heterocycles. The van der Waals surface area contributed by atoms with Crippen molar-refractivity contribution < 1.29 is 69.0 Å². The molecule has 0 radical (unpaired) electrons. The Hall–Kier alpha value is -1.80. The van der Waals surface area contributed by atoms with Crippen LogP contribution >= 0.6 is 0 Å². The fraction of sp³-hybridized carbons (Fsp3) is 0.786. The standard InChI is InChI=1S/C28H36F9NO7S3/c29-25(30,26(31,32)46(39,40)38-47(41,42)28(35,36)37)27(33,34)48(43,44)45-24-22(19-12-6-2-7-13-19)16-21(18-10-4-1-5-11-18)17-23(24)20-14-8-3-9-15-20/h16-20,38H,1-15H2. The molecule has 3 fully saturated rings. The van der Waals surface area contributed by atoms with Crippen LogP contribution in [-0.4, -0.2) is 47.2 Å². The molecule has 276 valence electrons. The van der Waals surface area contributed by atoms with Crippen LogP contribution in [0, 0.1) is 0 Å². The first-order valence-corrected chi connectivity index (χ1v) is 19.9. The predicted octanol–water partition coefficient (Wildman–Crippen LogP) is 8.13. The molecule has 0 bridgehead atoms. The molecule has 0 spiro atoms. The monoisotopic (exact) mass is 765 g/mol. The van der Waals surface area contributed by atoms with Crippen molar-refractivity contribution in [1.82, 2.24) is 4.13 Å². The summed E-state index contributed by atoms with van der Waals surface area (Å²) in [5.74, 6) is -9.24. The minimum Gasteiger partial charge on any atom is -0.377 e. The zero-order valence-electron chi connectivity index (χ0n) is 25.5. The first-order chi connectivity index (χ1) is 22.0. The lowest BCUT2D eigenvalue weighted by Gasteiger charge is -2.34. The van der Waals surface area contributed by atoms with Crippen molar-refractivity contribution in [2.75, 3.05) is 0 Å². The van der Waals surface area contributed by atoms with E-state index in [9.17, 15) is 56.0 Å². The maximum atomic E-state index is 15.3. The molecule has 1 aromatic carbocycles. The van der Waals surface area contributed by atoms with E-state index >= 15 is 8.78 Å². The molecule has 3 aliphatic carbocycles. The minimum absolute atomic E-state index is 0.0178. The second-order valence-corrected chi connectivity index (χ2v) is 18.0. The van der Waals surface area contributed by atoms with E-state index in [2.05, 4.69) is 0 Å². The second kappa shape index (κ2) is 13.7. The van der Waals surface area contributed by atoms with Crippen LogP contribution in [0.2, 0.25) is 0 Å². The highest BCUT2D eigenvalue weighted by Crippen LogP contribution is 2.53. The summed E-state index contributed by atoms with van der Waals surface area (Å²) in [6, 6.07) is 3.15. The van der Waals surface area contributed by atoms with E-state index in [0.717, 1.165) is 50.5 Å². The maximum absolute atomic E-state index is 15.3. The van der Waals surface area contributed by atoms with Crippen LogP contribution in [-0.2, 0) is 30.2 Å². The lowest BCUT2D eigenvalue weighted by atomic mass is 9.75. The maximum Gasteiger partial charge on any atom is 0.512 e. The number of hydrogen-bond donors (Lipinski definition) is 1. The highest BCUT2D eigenvalue weighted by molar-refractivity contribution is 8.05. The van der Waals surface area contributed by atoms with Crippen molar-refractivity contribution in [3.63, 3.8) is 0 Å². The minimum atomic E-state index is -7.88. The number of rotatable bonds is 11. The van der Waals surface area contributed by atoms with Crippen molar-refractivity contribution in [2.45, 2.75) is 136 Å². The smallest absolute Gasteiger partial charge is 0.377 e. The molecule has 0 atom stereocenters. The van der Waals surface area contributed by atoms with Crippen molar-refractivity contribution >= 4 is 30.2 Å². The predicted molar refractivity (Wildman–Crippen MR) is 155 cm³/mol. The molecule has 0 unspecified atom stereocenters. The zero-order valence-corrected chi connectivity index (χ0v) is 27.9. The fourth-order valence-electron chi connectivity index (χ4n) is 6.80. The van der Waals surface area contributed by atoms with Crippen LogP contribution in [0.25, 0.3) is 0 Å². The Bertz CT molecular complexity index is 1610. The summed E-state index contributed by atoms with van der Waals surface area (Å²) in [4.78, 5) is 0. The number of halogens is 9. The van der Waals surface area contributed by atoms with Crippen molar-refractivity contribution in [3.8, 4) is 5.75 Å². The summed E-state index contributed by atoms with van der Waals surface area (Å²) >= 11 is 0. The van der Waals surface area contributed by atoms with Gasteiger partial charge in [-0.05, 0) is 73.0 Å². The van der Waals surface area contributed by atoms with Gasteiger partial charge in [0.25, 0.3) is 10.0 Å². The molecule has 0 aromatic heterocycles. The van der Waals surface area contributed by atoms with E-state index in [1.54, 1.807) is 12.1 Å². The summed E-state index contributed by atoms with van der Waals surface area (Å²) in [5, 5.41) is -14.5. The van der Waals surface area contributed by atoms with Crippen LogP contribution in [0.3, 0.4) is 0 Å². The second-order valence-electron chi connectivity index (χ2n) is 12.7. The molecular weight excluding hydrogens is 729 g/mol. The third-order valence-corrected chi connectivity index (χ3v) is 14.0. The highest BCUT2D eigenvalue weighted by Gasteiger charge is 2.83. The summed E-state index contributed by atoms with van der Waals surface area (Å²) in [7, 11) is -22.5. The summed E-state index contributed by atoms with van der Waals surface area (Å²) in [6.07, 6.45) is 10.3. The first-order valence-electron chi connectivity index (χ1n) is 15.6. The third-order valence-electron chi connectivity index (χ3n) is 9.44. The lowest BCUT2D eigenvalue weighted by molar-refractivity contribution is -0.245. The molecule has 20 heteroatoms. The number of sulfonamides is 2. The van der Waals surface area contributed by atoms with Gasteiger partial charge in [-0.25, -0.2) is 16.8 Å². The van der Waals surface area contributed by atoms with Gasteiger partial charge in [-0.2, -0.15) is 47.9 Å². The van der Waals surface area contributed by atoms with Gasteiger partial charge in [0.15, 0.2) is 0 Å². The van der Waals surface area contributed by atoms with Gasteiger partial charge in [0.1, 0.15) is 5.75 Å². The average Bonchev–Trinajstić information content (AvgIpc) is 3.01. The Balaban J connectivity index is 1.84. The van der Waals surface area contributed by atoms with Crippen LogP contribution < -0.4 is 8.31 Å². The Morgan fingerprint density at radius 3 is 1.29 bits per heavy atom. The Labute approximate surface area is 273 Å². The summed E-state index contributed by atoms with van der Waals surface area (Å²) in [5.41, 5.74) is -5.67. The van der Waals surface area contributed by atoms with Crippen molar-refractivity contribution in [2.24, 2.45) is 0 Å². The molecule has 0 heterocycles. The summed E-state index contributed by atoms with van der Waals surface area (Å²) < 4.78 is 203. The summed E-state index contributed by atoms with van der Waals surface area (Å²) in [6.45, 7) is 0. The lowest BCUT2D eigenvalue weighted by Crippen LogP contribution is -2.64. The molecule has 4 rings (SSSR count). The molecule has 0 aliphatic heterocycles. The normalized spacial score (nSPS) is 20.9. The van der Waals surface area contributed by atoms with Gasteiger partial charge < -0.3 is 4.18 Å². The largest absolute Gasteiger partial charge is 0.512 e. The van der Waals surface area contributed by atoms with E-state index in [1.807, 2.05) is 0 Å². The molecule has 48 heavy (non-hydrogen) atoms. The van der Waals surface area contributed by atoms with E-state index < -0.39 is 73.8 Å². The first kappa shape index (κ1) is 39.0. The van der Waals surface area contributed by atoms with Gasteiger partial charge in [-0.15, -0.1) is 0 Å². The van der Waals surface area contributed by atoms with Crippen LogP contribution in [0.4, 0.5) is 39.5 Å². The molecule has 8 nitrogen and oxygen atoms in total. The van der Waals surface area contributed by atoms with Crippen LogP contribution in [0.15, 0.2) is 12.1 Å². The van der Waals surface area contributed by atoms with Gasteiger partial charge in [-0.1, -0.05) is 74.0 Å². The molecule has 3 saturated carbocycles. The van der Waals surface area contributed by atoms with E-state index in [1.165, 1.54) is 0 Å². The zero-order chi connectivity index (χ0) is 36.0. The van der Waals surface area contributed by atoms with Crippen molar-refractivity contribution in [1.29, 1.82) is 0 Å². The fourth-order valence-corrected chi connectivity index (χ4v) is 10.2. The number of hydrogen-bond acceptors (Lipinski definition) is 7.